The van der Waals surface area contributed by atoms with Gasteiger partial charge in [-0.2, -0.15) is 5.26 Å². The van der Waals surface area contributed by atoms with Crippen LogP contribution in [-0.2, 0) is 0 Å². The Balaban J connectivity index is 2.04. The normalized spacial score (nSPS) is 11.4. The summed E-state index contributed by atoms with van der Waals surface area (Å²) in [6.07, 6.45) is 0. The highest BCUT2D eigenvalue weighted by Crippen LogP contribution is 2.20. The zero-order valence-electron chi connectivity index (χ0n) is 12.4. The second kappa shape index (κ2) is 6.72. The van der Waals surface area contributed by atoms with E-state index in [0.717, 1.165) is 5.56 Å². The fourth-order valence-corrected chi connectivity index (χ4v) is 1.98. The van der Waals surface area contributed by atoms with Gasteiger partial charge in [0.15, 0.2) is 0 Å². The molecule has 0 aliphatic heterocycles. The Labute approximate surface area is 128 Å². The summed E-state index contributed by atoms with van der Waals surface area (Å²) in [6.45, 7) is 1.87. The van der Waals surface area contributed by atoms with Gasteiger partial charge in [0.2, 0.25) is 0 Å². The van der Waals surface area contributed by atoms with Crippen molar-refractivity contribution in [3.63, 3.8) is 0 Å². The number of hydrogen-bond donors (Lipinski definition) is 1. The summed E-state index contributed by atoms with van der Waals surface area (Å²) in [5.74, 6) is -0.305. The molecule has 112 valence electrons. The van der Waals surface area contributed by atoms with Crippen molar-refractivity contribution in [1.29, 1.82) is 5.26 Å². The van der Waals surface area contributed by atoms with Crippen LogP contribution in [0.5, 0.6) is 0 Å². The van der Waals surface area contributed by atoms with Gasteiger partial charge < -0.3 is 10.2 Å². The van der Waals surface area contributed by atoms with Crippen LogP contribution in [0.1, 0.15) is 24.1 Å². The number of carbonyl (C=O) groups is 1. The standard InChI is InChI=1S/C17H16FN3O/c1-12(14-5-7-15(18)8-6-14)21(2)17(22)20-16-9-3-13(11-19)4-10-16/h3-10,12H,1-2H3,(H,20,22). The van der Waals surface area contributed by atoms with E-state index < -0.39 is 0 Å². The summed E-state index contributed by atoms with van der Waals surface area (Å²) in [7, 11) is 1.67. The van der Waals surface area contributed by atoms with Gasteiger partial charge in [0.25, 0.3) is 0 Å². The number of amides is 2. The molecule has 2 aromatic rings. The molecule has 1 unspecified atom stereocenters. The molecule has 0 spiro atoms. The minimum absolute atomic E-state index is 0.195. The Hall–Kier alpha value is -2.87. The molecule has 0 aromatic heterocycles. The average Bonchev–Trinajstić information content (AvgIpc) is 2.55. The highest BCUT2D eigenvalue weighted by molar-refractivity contribution is 5.89. The molecule has 0 aliphatic carbocycles. The van der Waals surface area contributed by atoms with Crippen molar-refractivity contribution >= 4 is 11.7 Å². The maximum absolute atomic E-state index is 12.9. The molecule has 0 saturated carbocycles. The first-order valence-electron chi connectivity index (χ1n) is 6.80. The van der Waals surface area contributed by atoms with E-state index >= 15 is 0 Å². The number of rotatable bonds is 3. The first-order valence-corrected chi connectivity index (χ1v) is 6.80. The molecule has 2 aromatic carbocycles. The monoisotopic (exact) mass is 297 g/mol. The molecule has 0 bridgehead atoms. The second-order valence-corrected chi connectivity index (χ2v) is 4.96. The summed E-state index contributed by atoms with van der Waals surface area (Å²) >= 11 is 0. The highest BCUT2D eigenvalue weighted by Gasteiger charge is 2.17. The van der Waals surface area contributed by atoms with Gasteiger partial charge in [-0.1, -0.05) is 12.1 Å². The molecule has 2 amide bonds. The van der Waals surface area contributed by atoms with E-state index in [1.54, 1.807) is 43.4 Å². The number of benzene rings is 2. The Morgan fingerprint density at radius 1 is 1.18 bits per heavy atom. The van der Waals surface area contributed by atoms with Crippen molar-refractivity contribution in [2.75, 3.05) is 12.4 Å². The summed E-state index contributed by atoms with van der Waals surface area (Å²) < 4.78 is 12.9. The van der Waals surface area contributed by atoms with Crippen molar-refractivity contribution in [1.82, 2.24) is 4.90 Å². The highest BCUT2D eigenvalue weighted by atomic mass is 19.1. The fourth-order valence-electron chi connectivity index (χ4n) is 1.98. The van der Waals surface area contributed by atoms with E-state index in [-0.39, 0.29) is 17.9 Å². The number of nitriles is 1. The number of carbonyl (C=O) groups excluding carboxylic acids is 1. The van der Waals surface area contributed by atoms with Crippen LogP contribution in [-0.4, -0.2) is 18.0 Å². The van der Waals surface area contributed by atoms with Gasteiger partial charge in [0.1, 0.15) is 5.82 Å². The summed E-state index contributed by atoms with van der Waals surface area (Å²) in [5.41, 5.74) is 1.99. The topological polar surface area (TPSA) is 56.1 Å². The van der Waals surface area contributed by atoms with E-state index in [0.29, 0.717) is 11.3 Å². The van der Waals surface area contributed by atoms with Crippen LogP contribution in [0, 0.1) is 17.1 Å². The lowest BCUT2D eigenvalue weighted by atomic mass is 10.1. The molecular formula is C17H16FN3O. The molecule has 4 nitrogen and oxygen atoms in total. The molecular weight excluding hydrogens is 281 g/mol. The second-order valence-electron chi connectivity index (χ2n) is 4.96. The lowest BCUT2D eigenvalue weighted by molar-refractivity contribution is 0.208. The van der Waals surface area contributed by atoms with E-state index in [4.69, 9.17) is 5.26 Å². The number of hydrogen-bond acceptors (Lipinski definition) is 2. The molecule has 22 heavy (non-hydrogen) atoms. The van der Waals surface area contributed by atoms with Crippen LogP contribution in [0.4, 0.5) is 14.9 Å². The third-order valence-electron chi connectivity index (χ3n) is 3.52. The zero-order valence-corrected chi connectivity index (χ0v) is 12.4. The van der Waals surface area contributed by atoms with Crippen molar-refractivity contribution in [3.05, 3.63) is 65.5 Å². The Kier molecular flexibility index (Phi) is 4.74. The minimum atomic E-state index is -0.305. The van der Waals surface area contributed by atoms with Gasteiger partial charge >= 0.3 is 6.03 Å². The quantitative estimate of drug-likeness (QED) is 0.933. The van der Waals surface area contributed by atoms with Gasteiger partial charge in [0, 0.05) is 12.7 Å². The zero-order chi connectivity index (χ0) is 16.1. The number of nitrogens with zero attached hydrogens (tertiary/aromatic N) is 2. The van der Waals surface area contributed by atoms with Gasteiger partial charge in [-0.25, -0.2) is 9.18 Å². The number of anilines is 1. The van der Waals surface area contributed by atoms with E-state index in [9.17, 15) is 9.18 Å². The van der Waals surface area contributed by atoms with E-state index in [2.05, 4.69) is 5.32 Å². The summed E-state index contributed by atoms with van der Waals surface area (Å²) in [5, 5.41) is 11.5. The Bertz CT molecular complexity index is 689. The summed E-state index contributed by atoms with van der Waals surface area (Å²) in [6, 6.07) is 14.2. The number of halogens is 1. The third-order valence-corrected chi connectivity index (χ3v) is 3.52. The number of nitrogens with one attached hydrogen (secondary N) is 1. The Morgan fingerprint density at radius 2 is 1.77 bits per heavy atom. The molecule has 5 heteroatoms. The lowest BCUT2D eigenvalue weighted by Crippen LogP contribution is -2.33. The minimum Gasteiger partial charge on any atom is -0.321 e. The van der Waals surface area contributed by atoms with Crippen molar-refractivity contribution < 1.29 is 9.18 Å². The number of urea groups is 1. The van der Waals surface area contributed by atoms with Gasteiger partial charge in [-0.15, -0.1) is 0 Å². The maximum Gasteiger partial charge on any atom is 0.322 e. The van der Waals surface area contributed by atoms with Gasteiger partial charge in [-0.3, -0.25) is 0 Å². The van der Waals surface area contributed by atoms with Crippen molar-refractivity contribution in [2.24, 2.45) is 0 Å². The molecule has 1 atom stereocenters. The molecule has 2 rings (SSSR count). The maximum atomic E-state index is 12.9. The SMILES string of the molecule is CC(c1ccc(F)cc1)N(C)C(=O)Nc1ccc(C#N)cc1. The van der Waals surface area contributed by atoms with Crippen LogP contribution >= 0.6 is 0 Å². The van der Waals surface area contributed by atoms with E-state index in [1.165, 1.54) is 17.0 Å². The molecule has 0 fully saturated rings. The molecule has 0 heterocycles. The van der Waals surface area contributed by atoms with Crippen LogP contribution in [0.2, 0.25) is 0 Å². The van der Waals surface area contributed by atoms with Crippen LogP contribution < -0.4 is 5.32 Å². The smallest absolute Gasteiger partial charge is 0.321 e. The summed E-state index contributed by atoms with van der Waals surface area (Å²) in [4.78, 5) is 13.8. The first-order chi connectivity index (χ1) is 10.5. The fraction of sp³-hybridized carbons (Fsp3) is 0.176. The Morgan fingerprint density at radius 3 is 2.32 bits per heavy atom. The molecule has 0 radical (unpaired) electrons. The van der Waals surface area contributed by atoms with Crippen molar-refractivity contribution in [2.45, 2.75) is 13.0 Å². The largest absolute Gasteiger partial charge is 0.322 e. The van der Waals surface area contributed by atoms with Gasteiger partial charge in [-0.05, 0) is 48.9 Å². The third kappa shape index (κ3) is 3.61. The van der Waals surface area contributed by atoms with Crippen LogP contribution in [0.15, 0.2) is 48.5 Å². The van der Waals surface area contributed by atoms with Crippen molar-refractivity contribution in [3.8, 4) is 6.07 Å². The predicted octanol–water partition coefficient (Wildman–Crippen LogP) is 3.92. The predicted molar refractivity (Wildman–Crippen MR) is 82.8 cm³/mol. The average molecular weight is 297 g/mol. The van der Waals surface area contributed by atoms with Crippen LogP contribution in [0.3, 0.4) is 0 Å². The molecule has 1 N–H and O–H groups in total. The van der Waals surface area contributed by atoms with Crippen LogP contribution in [0.25, 0.3) is 0 Å². The van der Waals surface area contributed by atoms with Gasteiger partial charge in [0.05, 0.1) is 17.7 Å². The lowest BCUT2D eigenvalue weighted by Gasteiger charge is -2.25. The molecule has 0 aliphatic rings. The first kappa shape index (κ1) is 15.5. The molecule has 0 saturated heterocycles. The van der Waals surface area contributed by atoms with E-state index in [1.807, 2.05) is 13.0 Å².